The van der Waals surface area contributed by atoms with Crippen molar-refractivity contribution in [3.8, 4) is 0 Å². The average molecular weight is 425 g/mol. The van der Waals surface area contributed by atoms with Gasteiger partial charge < -0.3 is 35.4 Å². The van der Waals surface area contributed by atoms with Crippen molar-refractivity contribution in [2.75, 3.05) is 12.3 Å². The van der Waals surface area contributed by atoms with E-state index < -0.39 is 52.5 Å². The van der Waals surface area contributed by atoms with Crippen LogP contribution in [-0.4, -0.2) is 72.2 Å². The Labute approximate surface area is 161 Å². The summed E-state index contributed by atoms with van der Waals surface area (Å²) in [6.45, 7) is -0.978. The van der Waals surface area contributed by atoms with E-state index in [-0.39, 0.29) is 28.9 Å². The molecule has 0 aliphatic carbocycles. The molecule has 0 saturated carbocycles. The number of phosphoric acid groups is 2. The third-order valence-corrected chi connectivity index (χ3v) is 5.17. The molecule has 1 aromatic heterocycles. The van der Waals surface area contributed by atoms with E-state index in [1.54, 1.807) is 0 Å². The van der Waals surface area contributed by atoms with Gasteiger partial charge in [0.1, 0.15) is 12.0 Å². The Balaban J connectivity index is 0.00000338. The van der Waals surface area contributed by atoms with Crippen LogP contribution in [0.4, 0.5) is 5.82 Å². The molecule has 1 fully saturated rings. The van der Waals surface area contributed by atoms with Crippen LogP contribution in [0.2, 0.25) is 0 Å². The van der Waals surface area contributed by atoms with Crippen molar-refractivity contribution in [2.45, 2.75) is 24.5 Å². The Morgan fingerprint density at radius 3 is 2.46 bits per heavy atom. The maximum Gasteiger partial charge on any atom is 2.00 e. The van der Waals surface area contributed by atoms with Crippen LogP contribution in [0.5, 0.6) is 0 Å². The zero-order valence-electron chi connectivity index (χ0n) is 12.9. The van der Waals surface area contributed by atoms with Crippen molar-refractivity contribution in [3.05, 3.63) is 22.7 Å². The summed E-state index contributed by atoms with van der Waals surface area (Å²) in [5.74, 6) is -0.115. The number of nitrogen functional groups attached to an aromatic ring is 1. The van der Waals surface area contributed by atoms with Crippen LogP contribution in [0.25, 0.3) is 0 Å². The predicted molar refractivity (Wildman–Crippen MR) is 79.1 cm³/mol. The normalized spacial score (nSPS) is 28.3. The molecule has 0 radical (unpaired) electrons. The molecule has 1 saturated heterocycles. The molecule has 26 heavy (non-hydrogen) atoms. The fourth-order valence-electron chi connectivity index (χ4n) is 2.01. The number of phosphoric ester groups is 1. The minimum atomic E-state index is -5.33. The van der Waals surface area contributed by atoms with Crippen LogP contribution in [0.15, 0.2) is 17.1 Å². The number of hydrogen-bond acceptors (Lipinski definition) is 10. The Hall–Kier alpha value is -0.414. The maximum absolute atomic E-state index is 12.0. The van der Waals surface area contributed by atoms with Crippen LogP contribution in [0.1, 0.15) is 6.23 Å². The quantitative estimate of drug-likeness (QED) is 0.252. The van der Waals surface area contributed by atoms with Crippen molar-refractivity contribution in [2.24, 2.45) is 0 Å². The molecule has 2 heterocycles. The molecule has 1 aliphatic rings. The van der Waals surface area contributed by atoms with Crippen molar-refractivity contribution >= 4 is 44.5 Å². The molecule has 0 bridgehead atoms. The number of hydrogen-bond donors (Lipinski definition) is 4. The standard InChI is InChI=1S/C9H13N3O11P2.Mg/c10-5-1-2-12(9(15)11-5)8-7(14)6(13)4(22-8)3-21-25(19,20)23-24(16,17)18;/h1-2,4,6-8H,3H2,(H,19,20)(H2,10,11,15)(H2,16,17,18);/q-2;+2/t4-,6-,7-,8-;/m1./s1. The molecule has 2 rings (SSSR count). The molecule has 1 unspecified atom stereocenters. The second kappa shape index (κ2) is 8.73. The maximum atomic E-state index is 12.0. The zero-order chi connectivity index (χ0) is 19.0. The largest absolute Gasteiger partial charge is 2.00 e. The molecule has 14 nitrogen and oxygen atoms in total. The second-order valence-electron chi connectivity index (χ2n) is 4.87. The first kappa shape index (κ1) is 23.6. The van der Waals surface area contributed by atoms with Gasteiger partial charge in [0, 0.05) is 6.20 Å². The molecule has 5 N–H and O–H groups in total. The van der Waals surface area contributed by atoms with Crippen LogP contribution < -0.4 is 21.6 Å². The van der Waals surface area contributed by atoms with Gasteiger partial charge in [-0.05, 0) is 6.07 Å². The molecule has 142 valence electrons. The number of rotatable bonds is 6. The summed E-state index contributed by atoms with van der Waals surface area (Å²) in [7, 11) is -10.5. The molecule has 17 heteroatoms. The predicted octanol–water partition coefficient (Wildman–Crippen LogP) is -3.97. The van der Waals surface area contributed by atoms with Gasteiger partial charge in [-0.2, -0.15) is 9.29 Å². The van der Waals surface area contributed by atoms with E-state index in [4.69, 9.17) is 25.2 Å². The summed E-state index contributed by atoms with van der Waals surface area (Å²) in [4.78, 5) is 41.1. The fourth-order valence-corrected chi connectivity index (χ4v) is 3.61. The van der Waals surface area contributed by atoms with Crippen molar-refractivity contribution in [1.29, 1.82) is 0 Å². The summed E-state index contributed by atoms with van der Waals surface area (Å²) >= 11 is 0. The number of ether oxygens (including phenoxy) is 1. The number of nitrogens with zero attached hydrogens (tertiary/aromatic N) is 2. The second-order valence-corrected chi connectivity index (χ2v) is 7.70. The first-order valence-corrected chi connectivity index (χ1v) is 9.48. The Morgan fingerprint density at radius 2 is 1.92 bits per heavy atom. The van der Waals surface area contributed by atoms with E-state index in [1.807, 2.05) is 0 Å². The van der Waals surface area contributed by atoms with Gasteiger partial charge in [-0.15, -0.1) is 6.10 Å². The van der Waals surface area contributed by atoms with Gasteiger partial charge >= 0.3 is 44.4 Å². The van der Waals surface area contributed by atoms with E-state index in [9.17, 15) is 24.1 Å². The monoisotopic (exact) mass is 425 g/mol. The summed E-state index contributed by atoms with van der Waals surface area (Å²) in [6.07, 6.45) is -6.07. The van der Waals surface area contributed by atoms with Crippen molar-refractivity contribution < 1.29 is 47.6 Å². The molecule has 0 spiro atoms. The van der Waals surface area contributed by atoms with Gasteiger partial charge in [-0.1, -0.05) is 6.10 Å². The Kier molecular flexibility index (Phi) is 7.93. The minimum Gasteiger partial charge on any atom is -0.851 e. The molecule has 1 aliphatic heterocycles. The van der Waals surface area contributed by atoms with Gasteiger partial charge in [0.05, 0.1) is 12.7 Å². The summed E-state index contributed by atoms with van der Waals surface area (Å²) in [6, 6.07) is 1.19. The van der Waals surface area contributed by atoms with Gasteiger partial charge in [0.15, 0.2) is 0 Å². The van der Waals surface area contributed by atoms with E-state index in [0.29, 0.717) is 0 Å². The summed E-state index contributed by atoms with van der Waals surface area (Å²) < 4.78 is 35.4. The fraction of sp³-hybridized carbons (Fsp3) is 0.556. The van der Waals surface area contributed by atoms with Gasteiger partial charge in [-0.25, -0.2) is 13.9 Å². The number of nitrogens with two attached hydrogens (primary N) is 1. The van der Waals surface area contributed by atoms with Crippen LogP contribution in [-0.2, 0) is 22.7 Å². The van der Waals surface area contributed by atoms with E-state index in [2.05, 4.69) is 13.8 Å². The molecule has 0 aromatic carbocycles. The molecule has 0 amide bonds. The van der Waals surface area contributed by atoms with Gasteiger partial charge in [-0.3, -0.25) is 9.09 Å². The minimum absolute atomic E-state index is 0. The van der Waals surface area contributed by atoms with Crippen molar-refractivity contribution in [1.82, 2.24) is 9.55 Å². The third kappa shape index (κ3) is 6.05. The molecule has 1 aromatic rings. The Morgan fingerprint density at radius 1 is 1.31 bits per heavy atom. The molecule has 5 atom stereocenters. The Bertz CT molecular complexity index is 784. The van der Waals surface area contributed by atoms with E-state index >= 15 is 0 Å². The van der Waals surface area contributed by atoms with Crippen LogP contribution in [0.3, 0.4) is 0 Å². The number of anilines is 1. The van der Waals surface area contributed by atoms with Crippen molar-refractivity contribution in [3.63, 3.8) is 0 Å². The van der Waals surface area contributed by atoms with Crippen LogP contribution >= 0.6 is 15.6 Å². The first-order chi connectivity index (χ1) is 11.4. The average Bonchev–Trinajstić information content (AvgIpc) is 2.71. The smallest absolute Gasteiger partial charge is 0.851 e. The van der Waals surface area contributed by atoms with Crippen LogP contribution in [0, 0.1) is 0 Å². The number of aromatic nitrogens is 2. The first-order valence-electron chi connectivity index (χ1n) is 6.45. The SMILES string of the molecule is Nc1ccn([C@@H]2O[C@H](COP(=O)(O)OP(=O)(O)O)[C@@H]([O-])[C@H]2[O-])c(=O)n1.[Mg+2]. The van der Waals surface area contributed by atoms with Gasteiger partial charge in [0.25, 0.3) is 0 Å². The molecular formula is C9H13MgN3O11P2. The molecular weight excluding hydrogens is 412 g/mol. The van der Waals surface area contributed by atoms with E-state index in [1.165, 1.54) is 6.07 Å². The van der Waals surface area contributed by atoms with Gasteiger partial charge in [0.2, 0.25) is 0 Å². The third-order valence-electron chi connectivity index (χ3n) is 3.02. The summed E-state index contributed by atoms with van der Waals surface area (Å²) in [5.41, 5.74) is 4.35. The zero-order valence-corrected chi connectivity index (χ0v) is 16.1. The van der Waals surface area contributed by atoms with E-state index in [0.717, 1.165) is 10.8 Å². The topological polar surface area (TPSA) is 230 Å². The summed E-state index contributed by atoms with van der Waals surface area (Å²) in [5, 5.41) is 23.9.